The third-order valence-corrected chi connectivity index (χ3v) is 2.30. The Bertz CT molecular complexity index is 347. The predicted octanol–water partition coefficient (Wildman–Crippen LogP) is 1.52. The molecule has 1 aromatic rings. The van der Waals surface area contributed by atoms with Gasteiger partial charge < -0.3 is 9.80 Å². The van der Waals surface area contributed by atoms with Crippen LogP contribution in [0.25, 0.3) is 0 Å². The van der Waals surface area contributed by atoms with Gasteiger partial charge in [0.05, 0.1) is 6.54 Å². The minimum atomic E-state index is 0.106. The molecule has 0 aromatic heterocycles. The monoisotopic (exact) mass is 206 g/mol. The van der Waals surface area contributed by atoms with Crippen LogP contribution in [0.4, 0.5) is 5.69 Å². The number of amides is 1. The molecule has 82 valence electrons. The summed E-state index contributed by atoms with van der Waals surface area (Å²) in [5.74, 6) is 0.106. The minimum absolute atomic E-state index is 0.106. The molecule has 3 heteroatoms. The second-order valence-electron chi connectivity index (χ2n) is 3.98. The summed E-state index contributed by atoms with van der Waals surface area (Å²) in [5, 5.41) is 0. The van der Waals surface area contributed by atoms with Crippen LogP contribution in [0.2, 0.25) is 0 Å². The predicted molar refractivity (Wildman–Crippen MR) is 63.1 cm³/mol. The van der Waals surface area contributed by atoms with Crippen molar-refractivity contribution in [2.24, 2.45) is 0 Å². The standard InChI is InChI=1S/C12H18N2O/c1-10-7-5-6-8-11(10)14(4)12(15)9-13(2)3/h5-8H,9H2,1-4H3. The van der Waals surface area contributed by atoms with Crippen LogP contribution in [0.5, 0.6) is 0 Å². The van der Waals surface area contributed by atoms with Crippen LogP contribution < -0.4 is 4.90 Å². The highest BCUT2D eigenvalue weighted by molar-refractivity contribution is 5.94. The third-order valence-electron chi connectivity index (χ3n) is 2.30. The molecule has 0 aliphatic rings. The number of anilines is 1. The second-order valence-corrected chi connectivity index (χ2v) is 3.98. The van der Waals surface area contributed by atoms with Gasteiger partial charge in [0.25, 0.3) is 0 Å². The van der Waals surface area contributed by atoms with E-state index in [0.29, 0.717) is 6.54 Å². The quantitative estimate of drug-likeness (QED) is 0.748. The van der Waals surface area contributed by atoms with Gasteiger partial charge in [-0.3, -0.25) is 4.79 Å². The van der Waals surface area contributed by atoms with Gasteiger partial charge in [-0.1, -0.05) is 18.2 Å². The van der Waals surface area contributed by atoms with E-state index in [2.05, 4.69) is 0 Å². The molecule has 0 heterocycles. The average molecular weight is 206 g/mol. The molecule has 1 rings (SSSR count). The molecule has 0 aliphatic heterocycles. The van der Waals surface area contributed by atoms with Crippen molar-refractivity contribution in [2.75, 3.05) is 32.6 Å². The Kier molecular flexibility index (Phi) is 3.86. The van der Waals surface area contributed by atoms with Crippen molar-refractivity contribution in [1.82, 2.24) is 4.90 Å². The molecule has 1 amide bonds. The maximum absolute atomic E-state index is 11.8. The van der Waals surface area contributed by atoms with Gasteiger partial charge >= 0.3 is 0 Å². The smallest absolute Gasteiger partial charge is 0.240 e. The zero-order valence-electron chi connectivity index (χ0n) is 9.82. The van der Waals surface area contributed by atoms with Crippen LogP contribution in [0.1, 0.15) is 5.56 Å². The molecular weight excluding hydrogens is 188 g/mol. The molecule has 0 fully saturated rings. The van der Waals surface area contributed by atoms with E-state index in [9.17, 15) is 4.79 Å². The summed E-state index contributed by atoms with van der Waals surface area (Å²) < 4.78 is 0. The van der Waals surface area contributed by atoms with Crippen LogP contribution in [-0.4, -0.2) is 38.5 Å². The fourth-order valence-electron chi connectivity index (χ4n) is 1.45. The molecule has 3 nitrogen and oxygen atoms in total. The first-order valence-corrected chi connectivity index (χ1v) is 4.99. The number of aryl methyl sites for hydroxylation is 1. The number of para-hydroxylation sites is 1. The summed E-state index contributed by atoms with van der Waals surface area (Å²) in [5.41, 5.74) is 2.09. The highest BCUT2D eigenvalue weighted by Gasteiger charge is 2.12. The molecule has 1 aromatic carbocycles. The third kappa shape index (κ3) is 3.06. The van der Waals surface area contributed by atoms with Crippen LogP contribution in [-0.2, 0) is 4.79 Å². The molecule has 0 saturated carbocycles. The lowest BCUT2D eigenvalue weighted by molar-refractivity contribution is -0.118. The van der Waals surface area contributed by atoms with E-state index < -0.39 is 0 Å². The molecule has 0 saturated heterocycles. The highest BCUT2D eigenvalue weighted by atomic mass is 16.2. The number of carbonyl (C=O) groups excluding carboxylic acids is 1. The fourth-order valence-corrected chi connectivity index (χ4v) is 1.45. The normalized spacial score (nSPS) is 10.5. The van der Waals surface area contributed by atoms with Crippen molar-refractivity contribution in [2.45, 2.75) is 6.92 Å². The number of likely N-dealkylation sites (N-methyl/N-ethyl adjacent to an activating group) is 2. The lowest BCUT2D eigenvalue weighted by atomic mass is 10.2. The number of hydrogen-bond donors (Lipinski definition) is 0. The van der Waals surface area contributed by atoms with Gasteiger partial charge in [-0.05, 0) is 32.6 Å². The molecule has 0 unspecified atom stereocenters. The summed E-state index contributed by atoms with van der Waals surface area (Å²) in [6.07, 6.45) is 0. The largest absolute Gasteiger partial charge is 0.314 e. The van der Waals surface area contributed by atoms with Crippen LogP contribution >= 0.6 is 0 Å². The number of nitrogens with zero attached hydrogens (tertiary/aromatic N) is 2. The number of benzene rings is 1. The van der Waals surface area contributed by atoms with Gasteiger partial charge in [-0.15, -0.1) is 0 Å². The van der Waals surface area contributed by atoms with Crippen molar-refractivity contribution in [3.05, 3.63) is 29.8 Å². The van der Waals surface area contributed by atoms with E-state index in [1.807, 2.05) is 57.2 Å². The molecule has 0 radical (unpaired) electrons. The Morgan fingerprint density at radius 2 is 1.80 bits per heavy atom. The zero-order valence-corrected chi connectivity index (χ0v) is 9.82. The van der Waals surface area contributed by atoms with Gasteiger partial charge in [-0.2, -0.15) is 0 Å². The van der Waals surface area contributed by atoms with Crippen molar-refractivity contribution in [3.8, 4) is 0 Å². The minimum Gasteiger partial charge on any atom is -0.314 e. The Morgan fingerprint density at radius 3 is 2.33 bits per heavy atom. The van der Waals surface area contributed by atoms with Crippen LogP contribution in [0.15, 0.2) is 24.3 Å². The number of carbonyl (C=O) groups is 1. The van der Waals surface area contributed by atoms with E-state index in [4.69, 9.17) is 0 Å². The van der Waals surface area contributed by atoms with Crippen molar-refractivity contribution in [1.29, 1.82) is 0 Å². The van der Waals surface area contributed by atoms with Gasteiger partial charge in [0, 0.05) is 12.7 Å². The molecule has 0 N–H and O–H groups in total. The topological polar surface area (TPSA) is 23.6 Å². The van der Waals surface area contributed by atoms with Gasteiger partial charge in [0.2, 0.25) is 5.91 Å². The lowest BCUT2D eigenvalue weighted by Gasteiger charge is -2.21. The Balaban J connectivity index is 2.81. The van der Waals surface area contributed by atoms with Crippen LogP contribution in [0.3, 0.4) is 0 Å². The fraction of sp³-hybridized carbons (Fsp3) is 0.417. The Labute approximate surface area is 91.3 Å². The molecular formula is C12H18N2O. The summed E-state index contributed by atoms with van der Waals surface area (Å²) in [6, 6.07) is 7.89. The first-order chi connectivity index (χ1) is 7.02. The first kappa shape index (κ1) is 11.7. The van der Waals surface area contributed by atoms with Crippen molar-refractivity contribution in [3.63, 3.8) is 0 Å². The SMILES string of the molecule is Cc1ccccc1N(C)C(=O)CN(C)C. The maximum atomic E-state index is 11.8. The molecule has 0 atom stereocenters. The number of rotatable bonds is 3. The van der Waals surface area contributed by atoms with E-state index in [-0.39, 0.29) is 5.91 Å². The summed E-state index contributed by atoms with van der Waals surface area (Å²) in [7, 11) is 5.60. The van der Waals surface area contributed by atoms with Gasteiger partial charge in [0.15, 0.2) is 0 Å². The molecule has 0 aliphatic carbocycles. The highest BCUT2D eigenvalue weighted by Crippen LogP contribution is 2.17. The zero-order chi connectivity index (χ0) is 11.4. The first-order valence-electron chi connectivity index (χ1n) is 4.99. The second kappa shape index (κ2) is 4.94. The van der Waals surface area contributed by atoms with E-state index in [1.54, 1.807) is 4.90 Å². The Hall–Kier alpha value is -1.35. The summed E-state index contributed by atoms with van der Waals surface area (Å²) in [4.78, 5) is 15.4. The van der Waals surface area contributed by atoms with Gasteiger partial charge in [-0.25, -0.2) is 0 Å². The molecule has 0 spiro atoms. The average Bonchev–Trinajstić information content (AvgIpc) is 2.16. The van der Waals surface area contributed by atoms with E-state index in [0.717, 1.165) is 11.3 Å². The molecule has 15 heavy (non-hydrogen) atoms. The Morgan fingerprint density at radius 1 is 1.20 bits per heavy atom. The number of hydrogen-bond acceptors (Lipinski definition) is 2. The molecule has 0 bridgehead atoms. The lowest BCUT2D eigenvalue weighted by Crippen LogP contribution is -2.35. The van der Waals surface area contributed by atoms with Crippen LogP contribution in [0, 0.1) is 6.92 Å². The van der Waals surface area contributed by atoms with E-state index in [1.165, 1.54) is 0 Å². The van der Waals surface area contributed by atoms with Crippen molar-refractivity contribution < 1.29 is 4.79 Å². The van der Waals surface area contributed by atoms with Crippen molar-refractivity contribution >= 4 is 11.6 Å². The summed E-state index contributed by atoms with van der Waals surface area (Å²) in [6.45, 7) is 2.44. The van der Waals surface area contributed by atoms with Gasteiger partial charge in [0.1, 0.15) is 0 Å². The maximum Gasteiger partial charge on any atom is 0.240 e. The summed E-state index contributed by atoms with van der Waals surface area (Å²) >= 11 is 0. The van der Waals surface area contributed by atoms with E-state index >= 15 is 0 Å².